The molecule has 96 valence electrons. The Morgan fingerprint density at radius 2 is 1.81 bits per heavy atom. The van der Waals surface area contributed by atoms with E-state index in [2.05, 4.69) is 18.9 Å². The Balaban J connectivity index is 0.000000487. The van der Waals surface area contributed by atoms with Gasteiger partial charge in [-0.15, -0.1) is 0 Å². The number of nitrogens with zero attached hydrogens (tertiary/aromatic N) is 1. The second-order valence-electron chi connectivity index (χ2n) is 4.79. The van der Waals surface area contributed by atoms with Crippen molar-refractivity contribution in [3.63, 3.8) is 0 Å². The summed E-state index contributed by atoms with van der Waals surface area (Å²) in [4.78, 5) is 11.5. The van der Waals surface area contributed by atoms with E-state index >= 15 is 0 Å². The molecule has 0 saturated heterocycles. The van der Waals surface area contributed by atoms with Crippen LogP contribution in [0, 0.1) is 5.92 Å². The lowest BCUT2D eigenvalue weighted by Gasteiger charge is -2.26. The molecule has 0 aromatic heterocycles. The van der Waals surface area contributed by atoms with Crippen LogP contribution in [-0.2, 0) is 4.79 Å². The van der Waals surface area contributed by atoms with E-state index in [1.165, 1.54) is 51.6 Å². The van der Waals surface area contributed by atoms with Crippen LogP contribution in [0.15, 0.2) is 0 Å². The zero-order valence-corrected chi connectivity index (χ0v) is 11.0. The third kappa shape index (κ3) is 9.97. The van der Waals surface area contributed by atoms with Crippen LogP contribution in [0.3, 0.4) is 0 Å². The van der Waals surface area contributed by atoms with Gasteiger partial charge in [-0.3, -0.25) is 4.79 Å². The maximum Gasteiger partial charge on any atom is 0.300 e. The molecule has 1 aliphatic rings. The zero-order chi connectivity index (χ0) is 12.4. The minimum Gasteiger partial charge on any atom is -0.481 e. The summed E-state index contributed by atoms with van der Waals surface area (Å²) in [6.45, 7) is 5.96. The van der Waals surface area contributed by atoms with Crippen LogP contribution in [-0.4, -0.2) is 36.1 Å². The van der Waals surface area contributed by atoms with Gasteiger partial charge >= 0.3 is 0 Å². The highest BCUT2D eigenvalue weighted by Crippen LogP contribution is 2.23. The molecule has 1 saturated carbocycles. The van der Waals surface area contributed by atoms with Crippen LogP contribution in [0.4, 0.5) is 0 Å². The summed E-state index contributed by atoms with van der Waals surface area (Å²) < 4.78 is 0. The Morgan fingerprint density at radius 1 is 1.31 bits per heavy atom. The van der Waals surface area contributed by atoms with E-state index in [1.54, 1.807) is 0 Å². The van der Waals surface area contributed by atoms with Gasteiger partial charge in [0.2, 0.25) is 0 Å². The predicted molar refractivity (Wildman–Crippen MR) is 67.7 cm³/mol. The van der Waals surface area contributed by atoms with Crippen molar-refractivity contribution in [2.75, 3.05) is 20.1 Å². The number of hydrogen-bond donors (Lipinski definition) is 1. The molecule has 0 atom stereocenters. The highest BCUT2D eigenvalue weighted by molar-refractivity contribution is 5.62. The van der Waals surface area contributed by atoms with Gasteiger partial charge < -0.3 is 10.0 Å². The molecule has 0 radical (unpaired) electrons. The number of hydrogen-bond acceptors (Lipinski definition) is 2. The fraction of sp³-hybridized carbons (Fsp3) is 0.923. The van der Waals surface area contributed by atoms with Crippen molar-refractivity contribution in [1.82, 2.24) is 4.90 Å². The average molecular weight is 229 g/mol. The number of rotatable bonds is 4. The molecule has 3 nitrogen and oxygen atoms in total. The molecule has 0 spiro atoms. The van der Waals surface area contributed by atoms with Gasteiger partial charge in [0.05, 0.1) is 0 Å². The average Bonchev–Trinajstić information content (AvgIpc) is 2.18. The minimum atomic E-state index is -0.833. The van der Waals surface area contributed by atoms with E-state index in [-0.39, 0.29) is 0 Å². The molecular weight excluding hydrogens is 202 g/mol. The van der Waals surface area contributed by atoms with E-state index < -0.39 is 5.97 Å². The van der Waals surface area contributed by atoms with Gasteiger partial charge in [-0.2, -0.15) is 0 Å². The normalized spacial score (nSPS) is 16.8. The maximum absolute atomic E-state index is 9.00. The first-order valence-electron chi connectivity index (χ1n) is 6.44. The molecule has 3 heteroatoms. The fourth-order valence-electron chi connectivity index (χ4n) is 2.28. The summed E-state index contributed by atoms with van der Waals surface area (Å²) in [7, 11) is 2.26. The highest BCUT2D eigenvalue weighted by atomic mass is 16.4. The third-order valence-electron chi connectivity index (χ3n) is 2.90. The van der Waals surface area contributed by atoms with E-state index in [9.17, 15) is 0 Å². The van der Waals surface area contributed by atoms with Crippen molar-refractivity contribution in [3.05, 3.63) is 0 Å². The van der Waals surface area contributed by atoms with Gasteiger partial charge in [-0.25, -0.2) is 0 Å². The first-order valence-corrected chi connectivity index (χ1v) is 6.44. The zero-order valence-electron chi connectivity index (χ0n) is 11.0. The van der Waals surface area contributed by atoms with E-state index in [1.807, 2.05) is 0 Å². The molecule has 1 aliphatic carbocycles. The smallest absolute Gasteiger partial charge is 0.300 e. The summed E-state index contributed by atoms with van der Waals surface area (Å²) in [5.41, 5.74) is 0. The van der Waals surface area contributed by atoms with Crippen molar-refractivity contribution >= 4 is 5.97 Å². The molecule has 0 aliphatic heterocycles. The number of carboxylic acids is 1. The Hall–Kier alpha value is -0.570. The van der Waals surface area contributed by atoms with Crippen molar-refractivity contribution in [1.29, 1.82) is 0 Å². The molecule has 0 aromatic carbocycles. The predicted octanol–water partition coefficient (Wildman–Crippen LogP) is 3.00. The van der Waals surface area contributed by atoms with E-state index in [4.69, 9.17) is 9.90 Å². The molecule has 0 unspecified atom stereocenters. The van der Waals surface area contributed by atoms with Gasteiger partial charge in [0.25, 0.3) is 5.97 Å². The first-order chi connectivity index (χ1) is 7.56. The van der Waals surface area contributed by atoms with Gasteiger partial charge in [0, 0.05) is 13.5 Å². The van der Waals surface area contributed by atoms with Crippen LogP contribution in [0.2, 0.25) is 0 Å². The molecule has 0 bridgehead atoms. The number of aliphatic carboxylic acids is 1. The second kappa shape index (κ2) is 9.64. The first kappa shape index (κ1) is 15.4. The molecule has 0 heterocycles. The van der Waals surface area contributed by atoms with Crippen molar-refractivity contribution in [2.45, 2.75) is 52.4 Å². The molecule has 0 aromatic rings. The Morgan fingerprint density at radius 3 is 2.25 bits per heavy atom. The Bertz CT molecular complexity index is 173. The summed E-state index contributed by atoms with van der Waals surface area (Å²) in [5, 5.41) is 7.42. The Labute approximate surface area is 99.8 Å². The number of carboxylic acid groups (broad SMARTS) is 1. The highest BCUT2D eigenvalue weighted by Gasteiger charge is 2.14. The van der Waals surface area contributed by atoms with Crippen LogP contribution in [0.25, 0.3) is 0 Å². The largest absolute Gasteiger partial charge is 0.481 e. The standard InChI is InChI=1S/C11H23N.C2H4O2/c1-3-9-12(2)10-11-7-5-4-6-8-11;1-2(3)4/h11H,3-10H2,1-2H3;1H3,(H,3,4). The number of carbonyl (C=O) groups is 1. The monoisotopic (exact) mass is 229 g/mol. The van der Waals surface area contributed by atoms with Crippen molar-refractivity contribution in [3.8, 4) is 0 Å². The summed E-state index contributed by atoms with van der Waals surface area (Å²) in [6.07, 6.45) is 8.69. The Kier molecular flexibility index (Phi) is 9.30. The topological polar surface area (TPSA) is 40.5 Å². The summed E-state index contributed by atoms with van der Waals surface area (Å²) in [6, 6.07) is 0. The molecule has 0 amide bonds. The molecular formula is C13H27NO2. The summed E-state index contributed by atoms with van der Waals surface area (Å²) in [5.74, 6) is 0.176. The van der Waals surface area contributed by atoms with Crippen LogP contribution in [0.5, 0.6) is 0 Å². The summed E-state index contributed by atoms with van der Waals surface area (Å²) >= 11 is 0. The van der Waals surface area contributed by atoms with Crippen molar-refractivity contribution < 1.29 is 9.90 Å². The molecule has 1 fully saturated rings. The van der Waals surface area contributed by atoms with Gasteiger partial charge in [-0.05, 0) is 38.8 Å². The molecule has 1 N–H and O–H groups in total. The third-order valence-corrected chi connectivity index (χ3v) is 2.90. The van der Waals surface area contributed by atoms with Crippen LogP contribution < -0.4 is 0 Å². The van der Waals surface area contributed by atoms with E-state index in [0.29, 0.717) is 0 Å². The maximum atomic E-state index is 9.00. The minimum absolute atomic E-state index is 0.833. The van der Waals surface area contributed by atoms with Crippen LogP contribution in [0.1, 0.15) is 52.4 Å². The molecule has 16 heavy (non-hydrogen) atoms. The van der Waals surface area contributed by atoms with Gasteiger partial charge in [0.1, 0.15) is 0 Å². The lowest BCUT2D eigenvalue weighted by molar-refractivity contribution is -0.134. The van der Waals surface area contributed by atoms with Crippen LogP contribution >= 0.6 is 0 Å². The quantitative estimate of drug-likeness (QED) is 0.805. The van der Waals surface area contributed by atoms with Gasteiger partial charge in [-0.1, -0.05) is 26.2 Å². The fourth-order valence-corrected chi connectivity index (χ4v) is 2.28. The molecule has 1 rings (SSSR count). The van der Waals surface area contributed by atoms with Crippen molar-refractivity contribution in [2.24, 2.45) is 5.92 Å². The lowest BCUT2D eigenvalue weighted by Crippen LogP contribution is -2.27. The SMILES string of the molecule is CC(=O)O.CCCN(C)CC1CCCCC1. The second-order valence-corrected chi connectivity index (χ2v) is 4.79. The van der Waals surface area contributed by atoms with Gasteiger partial charge in [0.15, 0.2) is 0 Å². The van der Waals surface area contributed by atoms with E-state index in [0.717, 1.165) is 12.8 Å². The lowest BCUT2D eigenvalue weighted by atomic mass is 9.89.